The first kappa shape index (κ1) is 22.1. The molecule has 2 aromatic carbocycles. The molecule has 2 aromatic rings. The number of carbonyl (C=O) groups is 3. The second-order valence-electron chi connectivity index (χ2n) is 6.86. The Morgan fingerprint density at radius 2 is 1.87 bits per heavy atom. The lowest BCUT2D eigenvalue weighted by atomic mass is 10.0. The summed E-state index contributed by atoms with van der Waals surface area (Å²) in [6, 6.07) is 7.48. The molecule has 1 fully saturated rings. The minimum absolute atomic E-state index is 0.212. The Morgan fingerprint density at radius 3 is 2.52 bits per heavy atom. The van der Waals surface area contributed by atoms with Gasteiger partial charge < -0.3 is 9.47 Å². The zero-order valence-electron chi connectivity index (χ0n) is 17.3. The summed E-state index contributed by atoms with van der Waals surface area (Å²) in [6.45, 7) is 7.61. The Bertz CT molecular complexity index is 1120. The number of nitrogens with one attached hydrogen (secondary N) is 1. The molecule has 3 rings (SSSR count). The predicted molar refractivity (Wildman–Crippen MR) is 119 cm³/mol. The number of imide groups is 2. The normalized spacial score (nSPS) is 15.2. The van der Waals surface area contributed by atoms with Crippen molar-refractivity contribution in [3.8, 4) is 11.5 Å². The van der Waals surface area contributed by atoms with Crippen LogP contribution in [-0.4, -0.2) is 31.6 Å². The smallest absolute Gasteiger partial charge is 0.335 e. The summed E-state index contributed by atoms with van der Waals surface area (Å²) in [5.41, 5.74) is 2.51. The lowest BCUT2D eigenvalue weighted by Gasteiger charge is -2.27. The molecule has 8 heteroatoms. The Labute approximate surface area is 184 Å². The summed E-state index contributed by atoms with van der Waals surface area (Å²) in [7, 11) is 1.45. The van der Waals surface area contributed by atoms with Gasteiger partial charge in [-0.15, -0.1) is 0 Å². The van der Waals surface area contributed by atoms with Gasteiger partial charge in [-0.3, -0.25) is 14.9 Å². The number of aryl methyl sites for hydroxylation is 2. The van der Waals surface area contributed by atoms with Crippen molar-refractivity contribution >= 4 is 41.2 Å². The lowest BCUT2D eigenvalue weighted by Crippen LogP contribution is -2.54. The lowest BCUT2D eigenvalue weighted by molar-refractivity contribution is -0.122. The van der Waals surface area contributed by atoms with Crippen LogP contribution in [0.3, 0.4) is 0 Å². The molecule has 4 amide bonds. The first-order valence-corrected chi connectivity index (χ1v) is 9.74. The average Bonchev–Trinajstić information content (AvgIpc) is 2.72. The topological polar surface area (TPSA) is 84.9 Å². The number of carbonyl (C=O) groups excluding carboxylic acids is 3. The van der Waals surface area contributed by atoms with Gasteiger partial charge in [-0.1, -0.05) is 30.3 Å². The molecule has 1 aliphatic rings. The molecule has 31 heavy (non-hydrogen) atoms. The van der Waals surface area contributed by atoms with Gasteiger partial charge in [0.1, 0.15) is 12.2 Å². The highest BCUT2D eigenvalue weighted by atomic mass is 35.5. The SMILES string of the molecule is C=CCOc1c(Cl)cc(C=C2C(=O)NC(=O)N(c3ccc(C)c(C)c3)C2=O)cc1OC. The highest BCUT2D eigenvalue weighted by Crippen LogP contribution is 2.37. The second kappa shape index (κ2) is 9.06. The van der Waals surface area contributed by atoms with E-state index in [2.05, 4.69) is 11.9 Å². The van der Waals surface area contributed by atoms with E-state index >= 15 is 0 Å². The quantitative estimate of drug-likeness (QED) is 0.413. The summed E-state index contributed by atoms with van der Waals surface area (Å²) in [5.74, 6) is -0.888. The molecule has 1 aliphatic heterocycles. The molecule has 1 N–H and O–H groups in total. The van der Waals surface area contributed by atoms with Crippen LogP contribution in [0.5, 0.6) is 11.5 Å². The maximum atomic E-state index is 13.1. The zero-order chi connectivity index (χ0) is 22.7. The third kappa shape index (κ3) is 4.46. The molecular formula is C23H21ClN2O5. The number of benzene rings is 2. The van der Waals surface area contributed by atoms with Crippen LogP contribution in [0.15, 0.2) is 48.6 Å². The van der Waals surface area contributed by atoms with Gasteiger partial charge in [-0.25, -0.2) is 9.69 Å². The largest absolute Gasteiger partial charge is 0.493 e. The standard InChI is InChI=1S/C23H21ClN2O5/c1-5-8-31-20-18(24)11-15(12-19(20)30-4)10-17-21(27)25-23(29)26(22(17)28)16-7-6-13(2)14(3)9-16/h5-7,9-12H,1,8H2,2-4H3,(H,25,27,29). The molecule has 1 heterocycles. The van der Waals surface area contributed by atoms with E-state index in [9.17, 15) is 14.4 Å². The molecule has 160 valence electrons. The van der Waals surface area contributed by atoms with Crippen LogP contribution in [0.2, 0.25) is 5.02 Å². The van der Waals surface area contributed by atoms with E-state index in [1.54, 1.807) is 30.3 Å². The number of ether oxygens (including phenoxy) is 2. The van der Waals surface area contributed by atoms with Gasteiger partial charge in [0.05, 0.1) is 17.8 Å². The Hall–Kier alpha value is -3.58. The third-order valence-corrected chi connectivity index (χ3v) is 5.04. The fourth-order valence-electron chi connectivity index (χ4n) is 3.03. The number of rotatable bonds is 6. The second-order valence-corrected chi connectivity index (χ2v) is 7.27. The van der Waals surface area contributed by atoms with E-state index in [0.29, 0.717) is 22.7 Å². The first-order valence-electron chi connectivity index (χ1n) is 9.36. The molecule has 1 saturated heterocycles. The summed E-state index contributed by atoms with van der Waals surface area (Å²) in [5, 5.41) is 2.44. The van der Waals surface area contributed by atoms with E-state index < -0.39 is 17.8 Å². The van der Waals surface area contributed by atoms with E-state index in [1.165, 1.54) is 19.3 Å². The Morgan fingerprint density at radius 1 is 1.13 bits per heavy atom. The summed E-state index contributed by atoms with van der Waals surface area (Å²) in [6.07, 6.45) is 2.92. The molecule has 0 bridgehead atoms. The van der Waals surface area contributed by atoms with Crippen molar-refractivity contribution < 1.29 is 23.9 Å². The summed E-state index contributed by atoms with van der Waals surface area (Å²) in [4.78, 5) is 38.8. The molecule has 0 unspecified atom stereocenters. The van der Waals surface area contributed by atoms with Crippen molar-refractivity contribution in [1.82, 2.24) is 5.32 Å². The number of methoxy groups -OCH3 is 1. The number of hydrogen-bond donors (Lipinski definition) is 1. The number of amides is 4. The van der Waals surface area contributed by atoms with Gasteiger partial charge in [0.15, 0.2) is 11.5 Å². The van der Waals surface area contributed by atoms with Gasteiger partial charge in [-0.2, -0.15) is 0 Å². The fraction of sp³-hybridized carbons (Fsp3) is 0.174. The van der Waals surface area contributed by atoms with Crippen molar-refractivity contribution in [2.45, 2.75) is 13.8 Å². The molecular weight excluding hydrogens is 420 g/mol. The van der Waals surface area contributed by atoms with Gasteiger partial charge in [0.2, 0.25) is 0 Å². The first-order chi connectivity index (χ1) is 14.8. The van der Waals surface area contributed by atoms with Crippen LogP contribution in [-0.2, 0) is 9.59 Å². The van der Waals surface area contributed by atoms with Gasteiger partial charge in [-0.05, 0) is 60.9 Å². The average molecular weight is 441 g/mol. The van der Waals surface area contributed by atoms with E-state index in [4.69, 9.17) is 21.1 Å². The Balaban J connectivity index is 2.02. The van der Waals surface area contributed by atoms with Crippen LogP contribution in [0.4, 0.5) is 10.5 Å². The van der Waals surface area contributed by atoms with Crippen LogP contribution in [0, 0.1) is 13.8 Å². The van der Waals surface area contributed by atoms with Crippen LogP contribution in [0.25, 0.3) is 6.08 Å². The molecule has 0 atom stereocenters. The molecule has 0 aliphatic carbocycles. The van der Waals surface area contributed by atoms with E-state index in [-0.39, 0.29) is 17.2 Å². The minimum Gasteiger partial charge on any atom is -0.493 e. The molecule has 7 nitrogen and oxygen atoms in total. The van der Waals surface area contributed by atoms with E-state index in [0.717, 1.165) is 16.0 Å². The molecule has 0 aromatic heterocycles. The van der Waals surface area contributed by atoms with Crippen molar-refractivity contribution in [3.63, 3.8) is 0 Å². The van der Waals surface area contributed by atoms with E-state index in [1.807, 2.05) is 13.8 Å². The highest BCUT2D eigenvalue weighted by Gasteiger charge is 2.37. The van der Waals surface area contributed by atoms with Crippen molar-refractivity contribution in [3.05, 3.63) is 70.3 Å². The van der Waals surface area contributed by atoms with Gasteiger partial charge in [0.25, 0.3) is 11.8 Å². The molecule has 0 spiro atoms. The maximum Gasteiger partial charge on any atom is 0.335 e. The van der Waals surface area contributed by atoms with Gasteiger partial charge in [0, 0.05) is 0 Å². The third-order valence-electron chi connectivity index (χ3n) is 4.76. The highest BCUT2D eigenvalue weighted by molar-refractivity contribution is 6.39. The van der Waals surface area contributed by atoms with Crippen LogP contribution in [0.1, 0.15) is 16.7 Å². The minimum atomic E-state index is -0.806. The van der Waals surface area contributed by atoms with Crippen molar-refractivity contribution in [2.75, 3.05) is 18.6 Å². The van der Waals surface area contributed by atoms with Crippen LogP contribution >= 0.6 is 11.6 Å². The van der Waals surface area contributed by atoms with Crippen LogP contribution < -0.4 is 19.7 Å². The maximum absolute atomic E-state index is 13.1. The zero-order valence-corrected chi connectivity index (χ0v) is 18.1. The van der Waals surface area contributed by atoms with Gasteiger partial charge >= 0.3 is 6.03 Å². The van der Waals surface area contributed by atoms with Crippen molar-refractivity contribution in [1.29, 1.82) is 0 Å². The fourth-order valence-corrected chi connectivity index (χ4v) is 3.30. The number of barbiturate groups is 1. The number of halogens is 1. The molecule has 0 radical (unpaired) electrons. The summed E-state index contributed by atoms with van der Waals surface area (Å²) >= 11 is 6.30. The predicted octanol–water partition coefficient (Wildman–Crippen LogP) is 4.20. The number of urea groups is 1. The summed E-state index contributed by atoms with van der Waals surface area (Å²) < 4.78 is 10.8. The Kier molecular flexibility index (Phi) is 6.46. The number of anilines is 1. The van der Waals surface area contributed by atoms with Crippen molar-refractivity contribution in [2.24, 2.45) is 0 Å². The monoisotopic (exact) mass is 440 g/mol. The number of nitrogens with zero attached hydrogens (tertiary/aromatic N) is 1. The number of hydrogen-bond acceptors (Lipinski definition) is 5. The molecule has 0 saturated carbocycles.